The van der Waals surface area contributed by atoms with E-state index < -0.39 is 0 Å². The maximum absolute atomic E-state index is 12.4. The second-order valence-electron chi connectivity index (χ2n) is 5.77. The predicted molar refractivity (Wildman–Crippen MR) is 74.7 cm³/mol. The van der Waals surface area contributed by atoms with Gasteiger partial charge in [0.1, 0.15) is 0 Å². The van der Waals surface area contributed by atoms with Crippen molar-refractivity contribution in [3.63, 3.8) is 0 Å². The van der Waals surface area contributed by atoms with Crippen LogP contribution < -0.4 is 10.6 Å². The maximum Gasteiger partial charge on any atom is 0.227 e. The van der Waals surface area contributed by atoms with Gasteiger partial charge in [-0.05, 0) is 31.4 Å². The topological polar surface area (TPSA) is 59.0 Å². The molecular weight excluding hydrogens is 240 g/mol. The zero-order valence-corrected chi connectivity index (χ0v) is 12.1. The van der Waals surface area contributed by atoms with E-state index in [2.05, 4.69) is 29.6 Å². The SMILES string of the molecule is Cc1cnn(CCNC(=O)C2(C(C)C)CCNC2)c1. The van der Waals surface area contributed by atoms with Gasteiger partial charge in [0.15, 0.2) is 0 Å². The van der Waals surface area contributed by atoms with Gasteiger partial charge in [-0.2, -0.15) is 5.10 Å². The van der Waals surface area contributed by atoms with E-state index >= 15 is 0 Å². The maximum atomic E-state index is 12.4. The Kier molecular flexibility index (Phi) is 4.24. The highest BCUT2D eigenvalue weighted by Gasteiger charge is 2.43. The number of nitrogens with one attached hydrogen (secondary N) is 2. The van der Waals surface area contributed by atoms with Gasteiger partial charge in [0.25, 0.3) is 0 Å². The standard InChI is InChI=1S/C14H24N4O/c1-11(2)14(4-5-15-10-14)13(19)16-6-7-18-9-12(3)8-17-18/h8-9,11,15H,4-7,10H2,1-3H3,(H,16,19). The highest BCUT2D eigenvalue weighted by molar-refractivity contribution is 5.83. The summed E-state index contributed by atoms with van der Waals surface area (Å²) in [4.78, 5) is 12.4. The van der Waals surface area contributed by atoms with Crippen LogP contribution in [0.1, 0.15) is 25.8 Å². The number of amides is 1. The number of hydrogen-bond acceptors (Lipinski definition) is 3. The minimum Gasteiger partial charge on any atom is -0.354 e. The van der Waals surface area contributed by atoms with Crippen LogP contribution in [0, 0.1) is 18.3 Å². The van der Waals surface area contributed by atoms with Gasteiger partial charge in [0, 0.05) is 19.3 Å². The molecule has 0 bridgehead atoms. The van der Waals surface area contributed by atoms with Gasteiger partial charge in [-0.3, -0.25) is 9.48 Å². The zero-order valence-electron chi connectivity index (χ0n) is 12.1. The number of aromatic nitrogens is 2. The molecule has 0 saturated carbocycles. The molecule has 0 aromatic carbocycles. The van der Waals surface area contributed by atoms with E-state index in [0.717, 1.165) is 31.6 Å². The van der Waals surface area contributed by atoms with Gasteiger partial charge in [-0.15, -0.1) is 0 Å². The summed E-state index contributed by atoms with van der Waals surface area (Å²) in [5.74, 6) is 0.533. The Bertz CT molecular complexity index is 432. The Morgan fingerprint density at radius 1 is 1.63 bits per heavy atom. The summed E-state index contributed by atoms with van der Waals surface area (Å²) >= 11 is 0. The molecule has 1 amide bonds. The summed E-state index contributed by atoms with van der Waals surface area (Å²) in [5.41, 5.74) is 0.907. The molecule has 1 unspecified atom stereocenters. The zero-order chi connectivity index (χ0) is 13.9. The third-order valence-corrected chi connectivity index (χ3v) is 4.13. The number of hydrogen-bond donors (Lipinski definition) is 2. The Morgan fingerprint density at radius 3 is 2.95 bits per heavy atom. The van der Waals surface area contributed by atoms with Crippen LogP contribution in [0.4, 0.5) is 0 Å². The molecular formula is C14H24N4O. The molecule has 1 aliphatic rings. The molecule has 2 heterocycles. The van der Waals surface area contributed by atoms with Gasteiger partial charge >= 0.3 is 0 Å². The highest BCUT2D eigenvalue weighted by Crippen LogP contribution is 2.34. The summed E-state index contributed by atoms with van der Waals surface area (Å²) in [5, 5.41) is 10.6. The van der Waals surface area contributed by atoms with Crippen molar-refractivity contribution in [1.82, 2.24) is 20.4 Å². The van der Waals surface area contributed by atoms with Gasteiger partial charge in [0.05, 0.1) is 18.2 Å². The molecule has 0 radical (unpaired) electrons. The molecule has 106 valence electrons. The summed E-state index contributed by atoms with van der Waals surface area (Å²) in [6, 6.07) is 0. The largest absolute Gasteiger partial charge is 0.354 e. The van der Waals surface area contributed by atoms with Crippen molar-refractivity contribution in [3.05, 3.63) is 18.0 Å². The summed E-state index contributed by atoms with van der Waals surface area (Å²) in [7, 11) is 0. The van der Waals surface area contributed by atoms with Crippen LogP contribution in [-0.2, 0) is 11.3 Å². The molecule has 19 heavy (non-hydrogen) atoms. The van der Waals surface area contributed by atoms with Gasteiger partial charge < -0.3 is 10.6 Å². The molecule has 1 aromatic rings. The van der Waals surface area contributed by atoms with Gasteiger partial charge in [0.2, 0.25) is 5.91 Å². The highest BCUT2D eigenvalue weighted by atomic mass is 16.2. The Morgan fingerprint density at radius 2 is 2.42 bits per heavy atom. The van der Waals surface area contributed by atoms with E-state index in [0.29, 0.717) is 12.5 Å². The minimum atomic E-state index is -0.236. The molecule has 0 aliphatic carbocycles. The fraction of sp³-hybridized carbons (Fsp3) is 0.714. The fourth-order valence-electron chi connectivity index (χ4n) is 2.71. The molecule has 0 spiro atoms. The average Bonchev–Trinajstić information content (AvgIpc) is 2.98. The molecule has 1 aromatic heterocycles. The quantitative estimate of drug-likeness (QED) is 0.832. The number of carbonyl (C=O) groups excluding carboxylic acids is 1. The molecule has 5 heteroatoms. The lowest BCUT2D eigenvalue weighted by Crippen LogP contribution is -2.46. The number of carbonyl (C=O) groups is 1. The lowest BCUT2D eigenvalue weighted by molar-refractivity contribution is -0.132. The smallest absolute Gasteiger partial charge is 0.227 e. The number of nitrogens with zero attached hydrogens (tertiary/aromatic N) is 2. The molecule has 2 rings (SSSR count). The predicted octanol–water partition coefficient (Wildman–Crippen LogP) is 0.943. The third-order valence-electron chi connectivity index (χ3n) is 4.13. The third kappa shape index (κ3) is 2.97. The van der Waals surface area contributed by atoms with Crippen LogP contribution in [0.3, 0.4) is 0 Å². The van der Waals surface area contributed by atoms with Crippen LogP contribution in [-0.4, -0.2) is 35.3 Å². The lowest BCUT2D eigenvalue weighted by atomic mass is 9.75. The molecule has 1 aliphatic heterocycles. The first-order valence-corrected chi connectivity index (χ1v) is 7.03. The van der Waals surface area contributed by atoms with Crippen molar-refractivity contribution in [2.75, 3.05) is 19.6 Å². The number of rotatable bonds is 5. The van der Waals surface area contributed by atoms with Crippen LogP contribution in [0.2, 0.25) is 0 Å². The number of aryl methyl sites for hydroxylation is 1. The summed E-state index contributed by atoms with van der Waals surface area (Å²) in [6.45, 7) is 9.35. The van der Waals surface area contributed by atoms with Gasteiger partial charge in [-0.25, -0.2) is 0 Å². The Hall–Kier alpha value is -1.36. The average molecular weight is 264 g/mol. The molecule has 1 saturated heterocycles. The van der Waals surface area contributed by atoms with Crippen molar-refractivity contribution in [1.29, 1.82) is 0 Å². The minimum absolute atomic E-state index is 0.177. The fourth-order valence-corrected chi connectivity index (χ4v) is 2.71. The van der Waals surface area contributed by atoms with Crippen molar-refractivity contribution < 1.29 is 4.79 Å². The van der Waals surface area contributed by atoms with Crippen LogP contribution in [0.5, 0.6) is 0 Å². The lowest BCUT2D eigenvalue weighted by Gasteiger charge is -2.31. The van der Waals surface area contributed by atoms with Gasteiger partial charge in [-0.1, -0.05) is 13.8 Å². The van der Waals surface area contributed by atoms with Crippen LogP contribution in [0.25, 0.3) is 0 Å². The molecule has 5 nitrogen and oxygen atoms in total. The second-order valence-corrected chi connectivity index (χ2v) is 5.77. The van der Waals surface area contributed by atoms with Crippen molar-refractivity contribution in [2.45, 2.75) is 33.7 Å². The van der Waals surface area contributed by atoms with E-state index in [1.165, 1.54) is 0 Å². The molecule has 1 atom stereocenters. The first kappa shape index (κ1) is 14.1. The monoisotopic (exact) mass is 264 g/mol. The van der Waals surface area contributed by atoms with E-state index in [-0.39, 0.29) is 11.3 Å². The van der Waals surface area contributed by atoms with E-state index in [1.807, 2.05) is 24.0 Å². The Labute approximate surface area is 114 Å². The van der Waals surface area contributed by atoms with Crippen molar-refractivity contribution in [3.8, 4) is 0 Å². The second kappa shape index (κ2) is 5.74. The van der Waals surface area contributed by atoms with E-state index in [1.54, 1.807) is 0 Å². The summed E-state index contributed by atoms with van der Waals surface area (Å²) in [6.07, 6.45) is 4.75. The first-order chi connectivity index (χ1) is 9.04. The Balaban J connectivity index is 1.86. The first-order valence-electron chi connectivity index (χ1n) is 7.03. The van der Waals surface area contributed by atoms with Crippen LogP contribution in [0.15, 0.2) is 12.4 Å². The van der Waals surface area contributed by atoms with E-state index in [9.17, 15) is 4.79 Å². The van der Waals surface area contributed by atoms with Crippen molar-refractivity contribution >= 4 is 5.91 Å². The van der Waals surface area contributed by atoms with Crippen LogP contribution >= 0.6 is 0 Å². The van der Waals surface area contributed by atoms with Crippen molar-refractivity contribution in [2.24, 2.45) is 11.3 Å². The molecule has 2 N–H and O–H groups in total. The molecule has 1 fully saturated rings. The van der Waals surface area contributed by atoms with E-state index in [4.69, 9.17) is 0 Å². The normalized spacial score (nSPS) is 22.9. The summed E-state index contributed by atoms with van der Waals surface area (Å²) < 4.78 is 1.87.